The Morgan fingerprint density at radius 2 is 2.00 bits per heavy atom. The molecule has 0 unspecified atom stereocenters. The predicted octanol–water partition coefficient (Wildman–Crippen LogP) is 0.667. The molecule has 0 saturated heterocycles. The SMILES string of the molecule is CSO.[H-].[H-].[Mg+2]. The molecule has 0 aliphatic heterocycles. The van der Waals surface area contributed by atoms with Crippen LogP contribution in [0.4, 0.5) is 0 Å². The molecule has 0 amide bonds. The molecule has 1 nitrogen and oxygen atoms in total. The zero-order chi connectivity index (χ0) is 2.71. The molecule has 0 atom stereocenters. The smallest absolute Gasteiger partial charge is 1.00 e. The Kier molecular flexibility index (Phi) is 19.9. The van der Waals surface area contributed by atoms with Gasteiger partial charge < -0.3 is 7.41 Å². The third kappa shape index (κ3) is 11.4. The van der Waals surface area contributed by atoms with Crippen molar-refractivity contribution < 1.29 is 7.41 Å². The maximum Gasteiger partial charge on any atom is 2.00 e. The summed E-state index contributed by atoms with van der Waals surface area (Å²) in [6.45, 7) is 0. The first-order valence-corrected chi connectivity index (χ1v) is 1.77. The minimum atomic E-state index is 0. The van der Waals surface area contributed by atoms with Crippen LogP contribution in [0.2, 0.25) is 0 Å². The van der Waals surface area contributed by atoms with Crippen LogP contribution in [0.1, 0.15) is 2.85 Å². The summed E-state index contributed by atoms with van der Waals surface area (Å²) in [5.41, 5.74) is 0. The van der Waals surface area contributed by atoms with Crippen LogP contribution < -0.4 is 0 Å². The molecule has 0 aliphatic carbocycles. The quantitative estimate of drug-likeness (QED) is 0.348. The molecule has 0 bridgehead atoms. The van der Waals surface area contributed by atoms with Gasteiger partial charge in [-0.1, -0.05) is 0 Å². The molecule has 0 radical (unpaired) electrons. The van der Waals surface area contributed by atoms with E-state index in [1.54, 1.807) is 6.26 Å². The number of hydrogen-bond acceptors (Lipinski definition) is 2. The largest absolute Gasteiger partial charge is 2.00 e. The van der Waals surface area contributed by atoms with Gasteiger partial charge in [-0.2, -0.15) is 0 Å². The Morgan fingerprint density at radius 1 is 2.00 bits per heavy atom. The zero-order valence-corrected chi connectivity index (χ0v) is 4.79. The first-order chi connectivity index (χ1) is 1.41. The molecule has 3 heteroatoms. The summed E-state index contributed by atoms with van der Waals surface area (Å²) in [4.78, 5) is 0. The van der Waals surface area contributed by atoms with Crippen LogP contribution in [-0.2, 0) is 0 Å². The van der Waals surface area contributed by atoms with Crippen LogP contribution >= 0.6 is 12.0 Å². The van der Waals surface area contributed by atoms with Gasteiger partial charge in [0.05, 0.1) is 0 Å². The van der Waals surface area contributed by atoms with Crippen molar-refractivity contribution in [3.63, 3.8) is 0 Å². The maximum atomic E-state index is 7.49. The monoisotopic (exact) mass is 90.0 g/mol. The molecule has 24 valence electrons. The second-order valence-corrected chi connectivity index (χ2v) is 0.548. The van der Waals surface area contributed by atoms with E-state index < -0.39 is 0 Å². The molecular formula is CH6MgOS. The van der Waals surface area contributed by atoms with E-state index in [9.17, 15) is 0 Å². The molecule has 0 aromatic heterocycles. The molecule has 0 saturated carbocycles. The molecule has 0 aromatic rings. The average molecular weight is 90.4 g/mol. The topological polar surface area (TPSA) is 20.2 Å². The van der Waals surface area contributed by atoms with Gasteiger partial charge in [-0.05, 0) is 12.0 Å². The van der Waals surface area contributed by atoms with Gasteiger partial charge in [-0.15, -0.1) is 0 Å². The fourth-order valence-corrected chi connectivity index (χ4v) is 0. The Bertz CT molecular complexity index is 13.5. The summed E-state index contributed by atoms with van der Waals surface area (Å²) in [5, 5.41) is 0. The van der Waals surface area contributed by atoms with Crippen molar-refractivity contribution in [2.75, 3.05) is 6.26 Å². The van der Waals surface area contributed by atoms with Gasteiger partial charge in [0, 0.05) is 6.26 Å². The van der Waals surface area contributed by atoms with Crippen molar-refractivity contribution in [1.29, 1.82) is 0 Å². The van der Waals surface area contributed by atoms with Crippen molar-refractivity contribution in [2.24, 2.45) is 0 Å². The Labute approximate surface area is 49.1 Å². The summed E-state index contributed by atoms with van der Waals surface area (Å²) >= 11 is 0.750. The second-order valence-electron chi connectivity index (χ2n) is 0.183. The van der Waals surface area contributed by atoms with Gasteiger partial charge in [-0.3, -0.25) is 0 Å². The van der Waals surface area contributed by atoms with E-state index in [0.717, 1.165) is 12.0 Å². The fourth-order valence-electron chi connectivity index (χ4n) is 0. The molecular weight excluding hydrogens is 84.4 g/mol. The summed E-state index contributed by atoms with van der Waals surface area (Å²) in [7, 11) is 0. The van der Waals surface area contributed by atoms with Gasteiger partial charge in [0.15, 0.2) is 0 Å². The van der Waals surface area contributed by atoms with Gasteiger partial charge in [0.2, 0.25) is 0 Å². The predicted molar refractivity (Wildman–Crippen MR) is 24.1 cm³/mol. The first-order valence-electron chi connectivity index (χ1n) is 0.591. The zero-order valence-electron chi connectivity index (χ0n) is 4.56. The maximum absolute atomic E-state index is 7.49. The van der Waals surface area contributed by atoms with Crippen molar-refractivity contribution in [3.05, 3.63) is 0 Å². The van der Waals surface area contributed by atoms with Crippen LogP contribution in [-0.4, -0.2) is 33.9 Å². The Hall–Kier alpha value is 1.08. The van der Waals surface area contributed by atoms with E-state index in [1.807, 2.05) is 0 Å². The van der Waals surface area contributed by atoms with E-state index in [0.29, 0.717) is 0 Å². The third-order valence-electron chi connectivity index (χ3n) is 0. The Morgan fingerprint density at radius 3 is 2.00 bits per heavy atom. The molecule has 0 aliphatic rings. The summed E-state index contributed by atoms with van der Waals surface area (Å²) in [6, 6.07) is 0. The average Bonchev–Trinajstić information content (AvgIpc) is 0.918. The summed E-state index contributed by atoms with van der Waals surface area (Å²) in [6.07, 6.45) is 1.60. The third-order valence-corrected chi connectivity index (χ3v) is 0. The normalized spacial score (nSPS) is 4.50. The minimum absolute atomic E-state index is 0. The molecule has 0 fully saturated rings. The first kappa shape index (κ1) is 8.91. The van der Waals surface area contributed by atoms with Crippen LogP contribution in [0.25, 0.3) is 0 Å². The number of rotatable bonds is 0. The van der Waals surface area contributed by atoms with Gasteiger partial charge in [-0.25, -0.2) is 0 Å². The summed E-state index contributed by atoms with van der Waals surface area (Å²) in [5.74, 6) is 0. The Balaban J connectivity index is -0.00000000667. The molecule has 1 N–H and O–H groups in total. The van der Waals surface area contributed by atoms with E-state index >= 15 is 0 Å². The fraction of sp³-hybridized carbons (Fsp3) is 1.00. The van der Waals surface area contributed by atoms with E-state index in [2.05, 4.69) is 0 Å². The van der Waals surface area contributed by atoms with Gasteiger partial charge in [0.1, 0.15) is 0 Å². The number of hydrogen-bond donors (Lipinski definition) is 1. The molecule has 0 heterocycles. The van der Waals surface area contributed by atoms with Crippen LogP contribution in [0.5, 0.6) is 0 Å². The van der Waals surface area contributed by atoms with Crippen LogP contribution in [0.3, 0.4) is 0 Å². The van der Waals surface area contributed by atoms with Crippen molar-refractivity contribution in [2.45, 2.75) is 0 Å². The molecule has 4 heavy (non-hydrogen) atoms. The molecule has 0 rings (SSSR count). The van der Waals surface area contributed by atoms with Crippen molar-refractivity contribution in [3.8, 4) is 0 Å². The molecule has 0 aromatic carbocycles. The van der Waals surface area contributed by atoms with Gasteiger partial charge >= 0.3 is 23.1 Å². The minimum Gasteiger partial charge on any atom is -1.00 e. The van der Waals surface area contributed by atoms with Gasteiger partial charge in [0.25, 0.3) is 0 Å². The standard InChI is InChI=1S/CH4OS.Mg.2H/c1-3-2;;;/h2H,1H3;;;/q;+2;2*-1. The van der Waals surface area contributed by atoms with Crippen LogP contribution in [0.15, 0.2) is 0 Å². The van der Waals surface area contributed by atoms with E-state index in [1.165, 1.54) is 0 Å². The second kappa shape index (κ2) is 8.95. The summed E-state index contributed by atoms with van der Waals surface area (Å²) < 4.78 is 7.49. The van der Waals surface area contributed by atoms with E-state index in [-0.39, 0.29) is 25.9 Å². The van der Waals surface area contributed by atoms with Crippen molar-refractivity contribution >= 4 is 35.1 Å². The molecule has 0 spiro atoms. The van der Waals surface area contributed by atoms with Crippen molar-refractivity contribution in [1.82, 2.24) is 0 Å². The van der Waals surface area contributed by atoms with Crippen LogP contribution in [0, 0.1) is 0 Å². The van der Waals surface area contributed by atoms with E-state index in [4.69, 9.17) is 4.55 Å².